The molecule has 0 radical (unpaired) electrons. The number of rotatable bonds is 3. The number of carboxylic acids is 1. The molecule has 1 aromatic heterocycles. The second-order valence-electron chi connectivity index (χ2n) is 4.69. The third kappa shape index (κ3) is 2.43. The molecule has 0 atom stereocenters. The molecule has 3 aromatic rings. The Kier molecular flexibility index (Phi) is 3.28. The summed E-state index contributed by atoms with van der Waals surface area (Å²) in [5.74, 6) is -0.344. The van der Waals surface area contributed by atoms with Crippen LogP contribution in [0.1, 0.15) is 15.9 Å². The zero-order chi connectivity index (χ0) is 14.8. The fourth-order valence-electron chi connectivity index (χ4n) is 2.26. The largest absolute Gasteiger partial charge is 0.477 e. The summed E-state index contributed by atoms with van der Waals surface area (Å²) in [5, 5.41) is 11.3. The van der Waals surface area contributed by atoms with Crippen molar-refractivity contribution in [1.82, 2.24) is 4.98 Å². The topological polar surface area (TPSA) is 59.4 Å². The van der Waals surface area contributed by atoms with Gasteiger partial charge in [0.25, 0.3) is 0 Å². The van der Waals surface area contributed by atoms with Crippen LogP contribution < -0.4 is 4.74 Å². The first-order valence-corrected chi connectivity index (χ1v) is 6.51. The van der Waals surface area contributed by atoms with E-state index in [0.717, 1.165) is 10.8 Å². The van der Waals surface area contributed by atoms with Crippen LogP contribution in [0.25, 0.3) is 10.8 Å². The number of aromatic carboxylic acids is 1. The number of nitrogens with zero attached hydrogens (tertiary/aromatic N) is 1. The van der Waals surface area contributed by atoms with E-state index in [2.05, 4.69) is 4.98 Å². The molecule has 1 heterocycles. The Labute approximate surface area is 121 Å². The summed E-state index contributed by atoms with van der Waals surface area (Å²) in [5.41, 5.74) is 0.707. The van der Waals surface area contributed by atoms with Crippen molar-refractivity contribution < 1.29 is 14.6 Å². The van der Waals surface area contributed by atoms with Crippen LogP contribution in [-0.4, -0.2) is 16.1 Å². The van der Waals surface area contributed by atoms with Gasteiger partial charge in [0.05, 0.1) is 0 Å². The predicted molar refractivity (Wildman–Crippen MR) is 80.0 cm³/mol. The van der Waals surface area contributed by atoms with Crippen molar-refractivity contribution in [2.45, 2.75) is 6.92 Å². The zero-order valence-electron chi connectivity index (χ0n) is 11.4. The Morgan fingerprint density at radius 3 is 2.67 bits per heavy atom. The number of aryl methyl sites for hydroxylation is 1. The number of hydrogen-bond donors (Lipinski definition) is 1. The fraction of sp³-hybridized carbons (Fsp3) is 0.0588. The number of carboxylic acid groups (broad SMARTS) is 1. The summed E-state index contributed by atoms with van der Waals surface area (Å²) in [6, 6.07) is 15.1. The van der Waals surface area contributed by atoms with E-state index in [1.165, 1.54) is 0 Å². The van der Waals surface area contributed by atoms with Crippen LogP contribution in [0, 0.1) is 6.92 Å². The van der Waals surface area contributed by atoms with Gasteiger partial charge in [0.15, 0.2) is 0 Å². The van der Waals surface area contributed by atoms with E-state index in [-0.39, 0.29) is 11.4 Å². The normalized spacial score (nSPS) is 10.5. The molecule has 0 spiro atoms. The van der Waals surface area contributed by atoms with Gasteiger partial charge in [0.2, 0.25) is 5.88 Å². The molecule has 0 saturated carbocycles. The van der Waals surface area contributed by atoms with Crippen molar-refractivity contribution in [1.29, 1.82) is 0 Å². The number of aromatic nitrogens is 1. The molecule has 0 amide bonds. The standard InChI is InChI=1S/C17H13NO3/c1-11-9-10-18-16(15(11)17(19)20)21-14-8-4-6-12-5-2-3-7-13(12)14/h2-10H,1H3,(H,19,20). The average molecular weight is 279 g/mol. The lowest BCUT2D eigenvalue weighted by Gasteiger charge is -2.11. The van der Waals surface area contributed by atoms with Crippen LogP contribution in [0.3, 0.4) is 0 Å². The van der Waals surface area contributed by atoms with E-state index >= 15 is 0 Å². The third-order valence-electron chi connectivity index (χ3n) is 3.29. The first kappa shape index (κ1) is 13.1. The number of pyridine rings is 1. The molecule has 21 heavy (non-hydrogen) atoms. The van der Waals surface area contributed by atoms with E-state index in [4.69, 9.17) is 4.74 Å². The molecule has 4 heteroatoms. The Morgan fingerprint density at radius 1 is 1.10 bits per heavy atom. The van der Waals surface area contributed by atoms with Gasteiger partial charge in [-0.25, -0.2) is 9.78 Å². The second kappa shape index (κ2) is 5.25. The molecule has 0 bridgehead atoms. The monoisotopic (exact) mass is 279 g/mol. The highest BCUT2D eigenvalue weighted by Crippen LogP contribution is 2.31. The van der Waals surface area contributed by atoms with Gasteiger partial charge in [-0.3, -0.25) is 0 Å². The molecule has 2 aromatic carbocycles. The molecular formula is C17H13NO3. The highest BCUT2D eigenvalue weighted by Gasteiger charge is 2.17. The van der Waals surface area contributed by atoms with Crippen molar-refractivity contribution >= 4 is 16.7 Å². The number of benzene rings is 2. The molecular weight excluding hydrogens is 266 g/mol. The summed E-state index contributed by atoms with van der Waals surface area (Å²) < 4.78 is 5.77. The maximum absolute atomic E-state index is 11.4. The summed E-state index contributed by atoms with van der Waals surface area (Å²) in [7, 11) is 0. The molecule has 0 unspecified atom stereocenters. The van der Waals surface area contributed by atoms with E-state index in [1.807, 2.05) is 36.4 Å². The van der Waals surface area contributed by atoms with Gasteiger partial charge in [0.1, 0.15) is 11.3 Å². The van der Waals surface area contributed by atoms with E-state index in [9.17, 15) is 9.90 Å². The van der Waals surface area contributed by atoms with Crippen LogP contribution in [-0.2, 0) is 0 Å². The van der Waals surface area contributed by atoms with Gasteiger partial charge in [-0.1, -0.05) is 36.4 Å². The lowest BCUT2D eigenvalue weighted by atomic mass is 10.1. The maximum Gasteiger partial charge on any atom is 0.341 e. The Bertz CT molecular complexity index is 822. The van der Waals surface area contributed by atoms with Crippen LogP contribution in [0.5, 0.6) is 11.6 Å². The van der Waals surface area contributed by atoms with E-state index in [0.29, 0.717) is 11.3 Å². The molecule has 0 fully saturated rings. The van der Waals surface area contributed by atoms with Crippen molar-refractivity contribution in [2.24, 2.45) is 0 Å². The first-order chi connectivity index (χ1) is 10.2. The molecule has 0 saturated heterocycles. The fourth-order valence-corrected chi connectivity index (χ4v) is 2.26. The van der Waals surface area contributed by atoms with E-state index in [1.54, 1.807) is 25.3 Å². The molecule has 0 aliphatic heterocycles. The number of ether oxygens (including phenoxy) is 1. The minimum atomic E-state index is -1.05. The highest BCUT2D eigenvalue weighted by atomic mass is 16.5. The summed E-state index contributed by atoms with van der Waals surface area (Å²) in [6.45, 7) is 1.72. The summed E-state index contributed by atoms with van der Waals surface area (Å²) >= 11 is 0. The molecule has 3 rings (SSSR count). The number of carbonyl (C=O) groups is 1. The number of fused-ring (bicyclic) bond motifs is 1. The third-order valence-corrected chi connectivity index (χ3v) is 3.29. The summed E-state index contributed by atoms with van der Waals surface area (Å²) in [6.07, 6.45) is 1.54. The lowest BCUT2D eigenvalue weighted by Crippen LogP contribution is -2.04. The minimum Gasteiger partial charge on any atom is -0.477 e. The maximum atomic E-state index is 11.4. The van der Waals surface area contributed by atoms with Gasteiger partial charge in [-0.2, -0.15) is 0 Å². The van der Waals surface area contributed by atoms with Crippen LogP contribution >= 0.6 is 0 Å². The quantitative estimate of drug-likeness (QED) is 0.786. The van der Waals surface area contributed by atoms with Crippen LogP contribution in [0.15, 0.2) is 54.7 Å². The van der Waals surface area contributed by atoms with Crippen LogP contribution in [0.4, 0.5) is 0 Å². The van der Waals surface area contributed by atoms with Crippen molar-refractivity contribution in [2.75, 3.05) is 0 Å². The van der Waals surface area contributed by atoms with Crippen LogP contribution in [0.2, 0.25) is 0 Å². The van der Waals surface area contributed by atoms with Crippen molar-refractivity contribution in [3.63, 3.8) is 0 Å². The Hall–Kier alpha value is -2.88. The van der Waals surface area contributed by atoms with Crippen molar-refractivity contribution in [3.05, 3.63) is 65.9 Å². The van der Waals surface area contributed by atoms with Gasteiger partial charge < -0.3 is 9.84 Å². The molecule has 1 N–H and O–H groups in total. The lowest BCUT2D eigenvalue weighted by molar-refractivity contribution is 0.0692. The van der Waals surface area contributed by atoms with Gasteiger partial charge in [0, 0.05) is 11.6 Å². The Morgan fingerprint density at radius 2 is 1.86 bits per heavy atom. The molecule has 0 aliphatic rings. The SMILES string of the molecule is Cc1ccnc(Oc2cccc3ccccc23)c1C(=O)O. The van der Waals surface area contributed by atoms with E-state index < -0.39 is 5.97 Å². The average Bonchev–Trinajstić information content (AvgIpc) is 2.47. The molecule has 104 valence electrons. The van der Waals surface area contributed by atoms with Gasteiger partial charge >= 0.3 is 5.97 Å². The van der Waals surface area contributed by atoms with Gasteiger partial charge in [-0.15, -0.1) is 0 Å². The number of hydrogen-bond acceptors (Lipinski definition) is 3. The zero-order valence-corrected chi connectivity index (χ0v) is 11.4. The summed E-state index contributed by atoms with van der Waals surface area (Å²) in [4.78, 5) is 15.4. The molecule has 4 nitrogen and oxygen atoms in total. The van der Waals surface area contributed by atoms with Crippen molar-refractivity contribution in [3.8, 4) is 11.6 Å². The predicted octanol–water partition coefficient (Wildman–Crippen LogP) is 4.03. The first-order valence-electron chi connectivity index (χ1n) is 6.51. The minimum absolute atomic E-state index is 0.0884. The second-order valence-corrected chi connectivity index (χ2v) is 4.69. The molecule has 0 aliphatic carbocycles. The highest BCUT2D eigenvalue weighted by molar-refractivity contribution is 5.93. The smallest absolute Gasteiger partial charge is 0.341 e. The van der Waals surface area contributed by atoms with Gasteiger partial charge in [-0.05, 0) is 30.0 Å². The Balaban J connectivity index is 2.12.